The number of nitrogens with zero attached hydrogens (tertiary/aromatic N) is 1. The van der Waals surface area contributed by atoms with Crippen molar-refractivity contribution in [1.82, 2.24) is 4.90 Å². The number of hydrogen-bond donors (Lipinski definition) is 1. The van der Waals surface area contributed by atoms with Crippen molar-refractivity contribution in [2.75, 3.05) is 25.5 Å². The molecule has 164 valence electrons. The van der Waals surface area contributed by atoms with Crippen LogP contribution in [0.15, 0.2) is 0 Å². The van der Waals surface area contributed by atoms with Gasteiger partial charge in [0.2, 0.25) is 7.37 Å². The van der Waals surface area contributed by atoms with Crippen LogP contribution in [0.3, 0.4) is 0 Å². The van der Waals surface area contributed by atoms with Crippen LogP contribution in [0.25, 0.3) is 0 Å². The van der Waals surface area contributed by atoms with Crippen LogP contribution in [0.2, 0.25) is 0 Å². The summed E-state index contributed by atoms with van der Waals surface area (Å²) < 4.78 is 12.8. The van der Waals surface area contributed by atoms with Gasteiger partial charge in [0.25, 0.3) is 0 Å². The average Bonchev–Trinajstić information content (AvgIpc) is 2.59. The zero-order valence-corrected chi connectivity index (χ0v) is 20.1. The Kier molecular flexibility index (Phi) is 17.1. The van der Waals surface area contributed by atoms with Crippen LogP contribution in [0.1, 0.15) is 112 Å². The van der Waals surface area contributed by atoms with Gasteiger partial charge in [-0.15, -0.1) is 0 Å². The number of hydrogen-bond acceptors (Lipinski definition) is 2. The predicted molar refractivity (Wildman–Crippen MR) is 122 cm³/mol. The summed E-state index contributed by atoms with van der Waals surface area (Å²) in [6, 6.07) is 0. The maximum Gasteiger partial charge on any atom is 0.214 e. The van der Waals surface area contributed by atoms with Gasteiger partial charge in [-0.05, 0) is 37.8 Å². The maximum absolute atomic E-state index is 12.8. The van der Waals surface area contributed by atoms with Gasteiger partial charge < -0.3 is 4.89 Å². The van der Waals surface area contributed by atoms with E-state index in [1.165, 1.54) is 77.0 Å². The Hall–Kier alpha value is 0.150. The quantitative estimate of drug-likeness (QED) is 0.179. The molecule has 0 saturated carbocycles. The highest BCUT2D eigenvalue weighted by molar-refractivity contribution is 7.57. The Morgan fingerprint density at radius 2 is 1.15 bits per heavy atom. The fourth-order valence-electron chi connectivity index (χ4n) is 3.52. The van der Waals surface area contributed by atoms with E-state index in [4.69, 9.17) is 0 Å². The van der Waals surface area contributed by atoms with Crippen molar-refractivity contribution < 1.29 is 9.46 Å². The molecule has 0 rings (SSSR count). The first-order chi connectivity index (χ1) is 12.8. The fourth-order valence-corrected chi connectivity index (χ4v) is 5.86. The summed E-state index contributed by atoms with van der Waals surface area (Å²) in [4.78, 5) is 12.9. The Labute approximate surface area is 171 Å². The van der Waals surface area contributed by atoms with E-state index in [1.807, 2.05) is 0 Å². The Bertz CT molecular complexity index is 357. The van der Waals surface area contributed by atoms with E-state index >= 15 is 0 Å². The third kappa shape index (κ3) is 16.8. The molecule has 0 aromatic carbocycles. The van der Waals surface area contributed by atoms with E-state index in [9.17, 15) is 9.46 Å². The molecule has 0 aliphatic heterocycles. The molecule has 0 aliphatic carbocycles. The molecule has 3 nitrogen and oxygen atoms in total. The first-order valence-electron chi connectivity index (χ1n) is 11.9. The fraction of sp³-hybridized carbons (Fsp3) is 1.00. The summed E-state index contributed by atoms with van der Waals surface area (Å²) >= 11 is 0. The van der Waals surface area contributed by atoms with Gasteiger partial charge in [-0.25, -0.2) is 0 Å². The third-order valence-electron chi connectivity index (χ3n) is 5.79. The van der Waals surface area contributed by atoms with Crippen LogP contribution in [-0.4, -0.2) is 35.3 Å². The minimum atomic E-state index is -3.07. The second-order valence-corrected chi connectivity index (χ2v) is 11.4. The van der Waals surface area contributed by atoms with Gasteiger partial charge >= 0.3 is 0 Å². The monoisotopic (exact) mass is 403 g/mol. The summed E-state index contributed by atoms with van der Waals surface area (Å²) in [5, 5.41) is 0. The highest BCUT2D eigenvalue weighted by Gasteiger charge is 2.26. The largest absolute Gasteiger partial charge is 0.343 e. The summed E-state index contributed by atoms with van der Waals surface area (Å²) in [5.74, 6) is 0.779. The summed E-state index contributed by atoms with van der Waals surface area (Å²) in [5.41, 5.74) is 0. The average molecular weight is 404 g/mol. The minimum absolute atomic E-state index is 0.311. The second-order valence-electron chi connectivity index (χ2n) is 9.05. The van der Waals surface area contributed by atoms with Crippen LogP contribution in [-0.2, 0) is 4.57 Å². The van der Waals surface area contributed by atoms with Crippen LogP contribution in [0, 0.1) is 11.8 Å². The van der Waals surface area contributed by atoms with Crippen molar-refractivity contribution >= 4 is 7.37 Å². The van der Waals surface area contributed by atoms with Gasteiger partial charge in [-0.3, -0.25) is 9.46 Å². The third-order valence-corrected chi connectivity index (χ3v) is 7.78. The van der Waals surface area contributed by atoms with E-state index in [0.29, 0.717) is 24.3 Å². The Morgan fingerprint density at radius 3 is 1.56 bits per heavy atom. The van der Waals surface area contributed by atoms with E-state index in [2.05, 4.69) is 39.5 Å². The van der Waals surface area contributed by atoms with E-state index in [-0.39, 0.29) is 0 Å². The van der Waals surface area contributed by atoms with Gasteiger partial charge in [0, 0.05) is 6.16 Å². The van der Waals surface area contributed by atoms with E-state index in [1.54, 1.807) is 0 Å². The standard InChI is InChI=1S/C23H50NO2P/c1-6-8-10-12-14-16-18-24(19-17-15-13-11-9-7-2)21-27(25,26)20-23(5)22(3)4/h22-23H,6-21H2,1-5H3,(H,25,26). The molecule has 0 aromatic rings. The molecule has 0 aromatic heterocycles. The molecule has 1 N–H and O–H groups in total. The molecule has 0 saturated heterocycles. The number of unbranched alkanes of at least 4 members (excludes halogenated alkanes) is 10. The molecule has 27 heavy (non-hydrogen) atoms. The summed E-state index contributed by atoms with van der Waals surface area (Å²) in [6.07, 6.45) is 16.2. The van der Waals surface area contributed by atoms with Crippen molar-refractivity contribution in [1.29, 1.82) is 0 Å². The zero-order valence-electron chi connectivity index (χ0n) is 19.2. The molecule has 0 amide bonds. The molecule has 2 unspecified atom stereocenters. The van der Waals surface area contributed by atoms with Gasteiger partial charge in [0.1, 0.15) is 0 Å². The highest BCUT2D eigenvalue weighted by Crippen LogP contribution is 2.44. The zero-order chi connectivity index (χ0) is 20.5. The molecule has 0 aliphatic rings. The molecular formula is C23H50NO2P. The summed E-state index contributed by atoms with van der Waals surface area (Å²) in [6.45, 7) is 12.9. The number of rotatable bonds is 19. The molecule has 0 fully saturated rings. The molecule has 4 heteroatoms. The Balaban J connectivity index is 4.37. The summed E-state index contributed by atoms with van der Waals surface area (Å²) in [7, 11) is -3.07. The normalized spacial score (nSPS) is 15.4. The SMILES string of the molecule is CCCCCCCCN(CCCCCCCC)CP(=O)(O)CC(C)C(C)C. The molecule has 0 bridgehead atoms. The lowest BCUT2D eigenvalue weighted by Crippen LogP contribution is -2.28. The van der Waals surface area contributed by atoms with Crippen LogP contribution in [0.4, 0.5) is 0 Å². The topological polar surface area (TPSA) is 40.5 Å². The van der Waals surface area contributed by atoms with Crippen molar-refractivity contribution in [3.63, 3.8) is 0 Å². The van der Waals surface area contributed by atoms with Crippen LogP contribution < -0.4 is 0 Å². The van der Waals surface area contributed by atoms with Crippen LogP contribution in [0.5, 0.6) is 0 Å². The molecular weight excluding hydrogens is 353 g/mol. The van der Waals surface area contributed by atoms with Crippen LogP contribution >= 0.6 is 7.37 Å². The van der Waals surface area contributed by atoms with Gasteiger partial charge in [0.05, 0.1) is 6.29 Å². The smallest absolute Gasteiger partial charge is 0.214 e. The highest BCUT2D eigenvalue weighted by atomic mass is 31.2. The molecule has 0 heterocycles. The second kappa shape index (κ2) is 17.0. The van der Waals surface area contributed by atoms with Crippen molar-refractivity contribution in [3.05, 3.63) is 0 Å². The van der Waals surface area contributed by atoms with E-state index < -0.39 is 7.37 Å². The Morgan fingerprint density at radius 1 is 0.741 bits per heavy atom. The molecule has 0 spiro atoms. The minimum Gasteiger partial charge on any atom is -0.343 e. The first kappa shape index (κ1) is 27.1. The predicted octanol–water partition coefficient (Wildman–Crippen LogP) is 7.53. The van der Waals surface area contributed by atoms with Crippen molar-refractivity contribution in [3.8, 4) is 0 Å². The molecule has 0 radical (unpaired) electrons. The van der Waals surface area contributed by atoms with Crippen molar-refractivity contribution in [2.24, 2.45) is 11.8 Å². The van der Waals surface area contributed by atoms with Gasteiger partial charge in [-0.2, -0.15) is 0 Å². The lowest BCUT2D eigenvalue weighted by atomic mass is 10.0. The van der Waals surface area contributed by atoms with E-state index in [0.717, 1.165) is 13.1 Å². The van der Waals surface area contributed by atoms with Gasteiger partial charge in [-0.1, -0.05) is 98.8 Å². The van der Waals surface area contributed by atoms with Gasteiger partial charge in [0.15, 0.2) is 0 Å². The first-order valence-corrected chi connectivity index (χ1v) is 13.9. The maximum atomic E-state index is 12.8. The molecule has 2 atom stereocenters. The lowest BCUT2D eigenvalue weighted by molar-refractivity contribution is 0.283. The van der Waals surface area contributed by atoms with Crippen molar-refractivity contribution in [2.45, 2.75) is 112 Å². The lowest BCUT2D eigenvalue weighted by Gasteiger charge is -2.27.